The molecule has 1 atom stereocenters. The average Bonchev–Trinajstić information content (AvgIpc) is 3.07. The van der Waals surface area contributed by atoms with Gasteiger partial charge >= 0.3 is 6.03 Å². The van der Waals surface area contributed by atoms with Crippen LogP contribution in [0.2, 0.25) is 0 Å². The Bertz CT molecular complexity index is 813. The number of amides is 2. The van der Waals surface area contributed by atoms with Gasteiger partial charge < -0.3 is 9.80 Å². The molecule has 0 N–H and O–H groups in total. The third-order valence-corrected chi connectivity index (χ3v) is 4.87. The zero-order valence-corrected chi connectivity index (χ0v) is 14.9. The summed E-state index contributed by atoms with van der Waals surface area (Å²) in [4.78, 5) is 25.0. The van der Waals surface area contributed by atoms with Crippen molar-refractivity contribution in [1.82, 2.24) is 19.9 Å². The van der Waals surface area contributed by atoms with E-state index in [4.69, 9.17) is 0 Å². The zero-order chi connectivity index (χ0) is 18.6. The predicted molar refractivity (Wildman–Crippen MR) is 99.9 cm³/mol. The number of nitrogens with zero attached hydrogens (tertiary/aromatic N) is 6. The van der Waals surface area contributed by atoms with Crippen LogP contribution in [0.3, 0.4) is 0 Å². The van der Waals surface area contributed by atoms with Crippen LogP contribution in [0.15, 0.2) is 47.8 Å². The van der Waals surface area contributed by atoms with Crippen LogP contribution in [-0.4, -0.2) is 58.3 Å². The molecule has 0 aliphatic carbocycles. The fourth-order valence-electron chi connectivity index (χ4n) is 3.47. The molecule has 1 aromatic heterocycles. The van der Waals surface area contributed by atoms with Crippen LogP contribution in [0.25, 0.3) is 0 Å². The molecule has 2 aromatic rings. The van der Waals surface area contributed by atoms with E-state index in [9.17, 15) is 9.18 Å². The second kappa shape index (κ2) is 7.69. The Kier molecular flexibility index (Phi) is 4.95. The Morgan fingerprint density at radius 2 is 1.81 bits per heavy atom. The van der Waals surface area contributed by atoms with E-state index >= 15 is 0 Å². The summed E-state index contributed by atoms with van der Waals surface area (Å²) in [6.07, 6.45) is 5.64. The lowest BCUT2D eigenvalue weighted by Gasteiger charge is -2.29. The van der Waals surface area contributed by atoms with Crippen LogP contribution < -0.4 is 4.90 Å². The molecule has 0 saturated carbocycles. The maximum Gasteiger partial charge on any atom is 0.341 e. The molecular weight excluding hydrogens is 347 g/mol. The number of rotatable bonds is 2. The highest BCUT2D eigenvalue weighted by molar-refractivity contribution is 5.78. The Balaban J connectivity index is 1.43. The number of urea groups is 1. The van der Waals surface area contributed by atoms with E-state index in [2.05, 4.69) is 15.1 Å². The Hall–Kier alpha value is -3.03. The van der Waals surface area contributed by atoms with Gasteiger partial charge in [0.1, 0.15) is 0 Å². The number of hydrogen-bond acceptors (Lipinski definition) is 5. The minimum atomic E-state index is -0.454. The van der Waals surface area contributed by atoms with E-state index in [1.165, 1.54) is 12.4 Å². The van der Waals surface area contributed by atoms with Gasteiger partial charge in [0, 0.05) is 38.8 Å². The van der Waals surface area contributed by atoms with Crippen molar-refractivity contribution in [2.24, 2.45) is 5.10 Å². The summed E-state index contributed by atoms with van der Waals surface area (Å²) >= 11 is 0. The summed E-state index contributed by atoms with van der Waals surface area (Å²) in [5.74, 6) is 0.0382. The number of anilines is 1. The molecular formula is C19H21FN6O. The number of hydrazone groups is 1. The lowest BCUT2D eigenvalue weighted by atomic mass is 10.1. The van der Waals surface area contributed by atoms with Crippen molar-refractivity contribution in [3.63, 3.8) is 0 Å². The predicted octanol–water partition coefficient (Wildman–Crippen LogP) is 2.68. The highest BCUT2D eigenvalue weighted by Gasteiger charge is 2.32. The highest BCUT2D eigenvalue weighted by Crippen LogP contribution is 2.29. The first-order chi connectivity index (χ1) is 13.2. The number of hydrogen-bond donors (Lipinski definition) is 0. The van der Waals surface area contributed by atoms with E-state index in [1.807, 2.05) is 40.1 Å². The first kappa shape index (κ1) is 17.4. The maximum absolute atomic E-state index is 13.1. The summed E-state index contributed by atoms with van der Waals surface area (Å²) in [7, 11) is 0. The number of halogens is 1. The van der Waals surface area contributed by atoms with E-state index in [1.54, 1.807) is 11.2 Å². The maximum atomic E-state index is 13.1. The molecule has 27 heavy (non-hydrogen) atoms. The second-order valence-electron chi connectivity index (χ2n) is 6.62. The first-order valence-corrected chi connectivity index (χ1v) is 9.10. The fraction of sp³-hybridized carbons (Fsp3) is 0.368. The topological polar surface area (TPSA) is 64.9 Å². The Morgan fingerprint density at radius 3 is 2.59 bits per heavy atom. The average molecular weight is 368 g/mol. The van der Waals surface area contributed by atoms with Gasteiger partial charge in [-0.05, 0) is 12.0 Å². The molecule has 2 aliphatic heterocycles. The summed E-state index contributed by atoms with van der Waals surface area (Å²) < 4.78 is 13.0. The van der Waals surface area contributed by atoms with Gasteiger partial charge in [0.15, 0.2) is 5.82 Å². The van der Waals surface area contributed by atoms with Gasteiger partial charge in [-0.25, -0.2) is 24.2 Å². The normalized spacial score (nSPS) is 20.0. The molecule has 7 nitrogen and oxygen atoms in total. The third kappa shape index (κ3) is 3.74. The summed E-state index contributed by atoms with van der Waals surface area (Å²) in [5, 5.41) is 5.91. The van der Waals surface area contributed by atoms with Crippen molar-refractivity contribution in [2.45, 2.75) is 18.9 Å². The number of benzene rings is 1. The standard InChI is InChI=1S/C19H21FN6O/c20-16-13-21-18(22-14-16)24-9-4-10-25(12-11-24)19(27)26-17(7-8-23-26)15-5-2-1-3-6-15/h1-3,5-6,8,13-14,17H,4,7,9-12H2. The largest absolute Gasteiger partial charge is 0.341 e. The van der Waals surface area contributed by atoms with Gasteiger partial charge in [0.25, 0.3) is 0 Å². The summed E-state index contributed by atoms with van der Waals surface area (Å²) in [6, 6.07) is 9.82. The van der Waals surface area contributed by atoms with E-state index < -0.39 is 5.82 Å². The number of aromatic nitrogens is 2. The van der Waals surface area contributed by atoms with Crippen LogP contribution in [0, 0.1) is 5.82 Å². The van der Waals surface area contributed by atoms with Gasteiger partial charge in [-0.3, -0.25) is 0 Å². The van der Waals surface area contributed by atoms with Gasteiger partial charge in [-0.2, -0.15) is 5.10 Å². The van der Waals surface area contributed by atoms with Crippen LogP contribution in [0.1, 0.15) is 24.4 Å². The molecule has 2 aliphatic rings. The Morgan fingerprint density at radius 1 is 1.04 bits per heavy atom. The van der Waals surface area contributed by atoms with E-state index in [0.717, 1.165) is 24.9 Å². The minimum Gasteiger partial charge on any atom is -0.339 e. The molecule has 1 unspecified atom stereocenters. The molecule has 1 fully saturated rings. The quantitative estimate of drug-likeness (QED) is 0.818. The molecule has 1 aromatic carbocycles. The minimum absolute atomic E-state index is 0.0570. The smallest absolute Gasteiger partial charge is 0.339 e. The molecule has 0 bridgehead atoms. The zero-order valence-electron chi connectivity index (χ0n) is 14.9. The van der Waals surface area contributed by atoms with Gasteiger partial charge in [0.2, 0.25) is 5.95 Å². The number of carbonyl (C=O) groups excluding carboxylic acids is 1. The first-order valence-electron chi connectivity index (χ1n) is 9.10. The lowest BCUT2D eigenvalue weighted by molar-refractivity contribution is 0.145. The molecule has 0 spiro atoms. The van der Waals surface area contributed by atoms with E-state index in [-0.39, 0.29) is 12.1 Å². The lowest BCUT2D eigenvalue weighted by Crippen LogP contribution is -2.42. The molecule has 140 valence electrons. The SMILES string of the molecule is O=C(N1CCCN(c2ncc(F)cn2)CC1)N1N=CCC1c1ccccc1. The van der Waals surface area contributed by atoms with E-state index in [0.29, 0.717) is 25.6 Å². The van der Waals surface area contributed by atoms with Gasteiger partial charge in [-0.15, -0.1) is 0 Å². The van der Waals surface area contributed by atoms with Crippen LogP contribution >= 0.6 is 0 Å². The summed E-state index contributed by atoms with van der Waals surface area (Å²) in [5.41, 5.74) is 1.08. The van der Waals surface area contributed by atoms with Crippen molar-refractivity contribution in [2.75, 3.05) is 31.1 Å². The second-order valence-corrected chi connectivity index (χ2v) is 6.62. The third-order valence-electron chi connectivity index (χ3n) is 4.87. The van der Waals surface area contributed by atoms with Crippen molar-refractivity contribution in [3.8, 4) is 0 Å². The van der Waals surface area contributed by atoms with Gasteiger partial charge in [0.05, 0.1) is 18.4 Å². The highest BCUT2D eigenvalue weighted by atomic mass is 19.1. The summed E-state index contributed by atoms with van der Waals surface area (Å²) in [6.45, 7) is 2.52. The van der Waals surface area contributed by atoms with Crippen molar-refractivity contribution in [1.29, 1.82) is 0 Å². The van der Waals surface area contributed by atoms with Crippen molar-refractivity contribution >= 4 is 18.2 Å². The molecule has 0 radical (unpaired) electrons. The van der Waals surface area contributed by atoms with Crippen LogP contribution in [-0.2, 0) is 0 Å². The van der Waals surface area contributed by atoms with Crippen LogP contribution in [0.5, 0.6) is 0 Å². The molecule has 1 saturated heterocycles. The molecule has 3 heterocycles. The molecule has 4 rings (SSSR count). The van der Waals surface area contributed by atoms with Crippen molar-refractivity contribution in [3.05, 3.63) is 54.1 Å². The Labute approximate surface area is 157 Å². The molecule has 2 amide bonds. The van der Waals surface area contributed by atoms with Gasteiger partial charge in [-0.1, -0.05) is 30.3 Å². The number of carbonyl (C=O) groups is 1. The van der Waals surface area contributed by atoms with Crippen LogP contribution in [0.4, 0.5) is 15.1 Å². The molecule has 8 heteroatoms. The monoisotopic (exact) mass is 368 g/mol. The van der Waals surface area contributed by atoms with Crippen molar-refractivity contribution < 1.29 is 9.18 Å². The fourth-order valence-corrected chi connectivity index (χ4v) is 3.47.